The SMILES string of the molecule is CC(COCOC1CCCCC1)(COCOC1CCCCC1)COCOC1CCCCC1. The monoisotopic (exact) mass is 456 g/mol. The molecular formula is C26H48O6. The van der Waals surface area contributed by atoms with Crippen molar-refractivity contribution in [2.75, 3.05) is 40.2 Å². The summed E-state index contributed by atoms with van der Waals surface area (Å²) in [5.74, 6) is 0. The van der Waals surface area contributed by atoms with Crippen molar-refractivity contribution in [2.24, 2.45) is 5.41 Å². The van der Waals surface area contributed by atoms with E-state index >= 15 is 0 Å². The number of rotatable bonds is 15. The second kappa shape index (κ2) is 15.6. The second-order valence-electron chi connectivity index (χ2n) is 10.5. The fraction of sp³-hybridized carbons (Fsp3) is 1.00. The molecule has 3 saturated carbocycles. The zero-order valence-corrected chi connectivity index (χ0v) is 20.5. The second-order valence-corrected chi connectivity index (χ2v) is 10.5. The Balaban J connectivity index is 1.33. The van der Waals surface area contributed by atoms with Gasteiger partial charge in [0.15, 0.2) is 0 Å². The normalized spacial score (nSPS) is 22.4. The summed E-state index contributed by atoms with van der Waals surface area (Å²) in [6, 6.07) is 0. The van der Waals surface area contributed by atoms with Crippen LogP contribution in [0.2, 0.25) is 0 Å². The molecule has 0 aromatic carbocycles. The average molecular weight is 457 g/mol. The molecule has 0 spiro atoms. The van der Waals surface area contributed by atoms with E-state index in [1.54, 1.807) is 0 Å². The zero-order valence-electron chi connectivity index (χ0n) is 20.5. The third-order valence-corrected chi connectivity index (χ3v) is 7.17. The minimum absolute atomic E-state index is 0.262. The van der Waals surface area contributed by atoms with Gasteiger partial charge in [-0.15, -0.1) is 0 Å². The predicted octanol–water partition coefficient (Wildman–Crippen LogP) is 5.96. The standard InChI is InChI=1S/C26H48O6/c1-26(17-27-20-30-23-11-5-2-6-12-23,18-28-21-31-24-13-7-3-8-14-24)19-29-22-32-25-15-9-4-10-16-25/h23-25H,2-22H2,1H3. The van der Waals surface area contributed by atoms with Crippen molar-refractivity contribution in [3.05, 3.63) is 0 Å². The van der Waals surface area contributed by atoms with Crippen LogP contribution in [0.5, 0.6) is 0 Å². The van der Waals surface area contributed by atoms with Crippen LogP contribution in [0.25, 0.3) is 0 Å². The molecule has 6 heteroatoms. The molecule has 0 amide bonds. The van der Waals surface area contributed by atoms with E-state index in [1.165, 1.54) is 57.8 Å². The number of hydrogen-bond donors (Lipinski definition) is 0. The molecule has 0 N–H and O–H groups in total. The molecule has 0 aliphatic heterocycles. The molecule has 3 rings (SSSR count). The van der Waals surface area contributed by atoms with Crippen molar-refractivity contribution in [3.63, 3.8) is 0 Å². The van der Waals surface area contributed by atoms with Crippen LogP contribution in [0.15, 0.2) is 0 Å². The molecule has 0 bridgehead atoms. The minimum atomic E-state index is -0.262. The summed E-state index contributed by atoms with van der Waals surface area (Å²) in [5.41, 5.74) is -0.262. The molecule has 0 saturated heterocycles. The number of hydrogen-bond acceptors (Lipinski definition) is 6. The topological polar surface area (TPSA) is 55.4 Å². The van der Waals surface area contributed by atoms with Crippen molar-refractivity contribution in [3.8, 4) is 0 Å². The summed E-state index contributed by atoms with van der Waals surface area (Å²) in [4.78, 5) is 0. The average Bonchev–Trinajstić information content (AvgIpc) is 2.85. The fourth-order valence-electron chi connectivity index (χ4n) is 5.12. The lowest BCUT2D eigenvalue weighted by Crippen LogP contribution is -2.36. The van der Waals surface area contributed by atoms with Gasteiger partial charge in [0.05, 0.1) is 38.1 Å². The third kappa shape index (κ3) is 10.8. The molecule has 3 fully saturated rings. The van der Waals surface area contributed by atoms with Crippen LogP contribution in [0.3, 0.4) is 0 Å². The highest BCUT2D eigenvalue weighted by molar-refractivity contribution is 4.73. The largest absolute Gasteiger partial charge is 0.355 e. The van der Waals surface area contributed by atoms with Crippen molar-refractivity contribution >= 4 is 0 Å². The minimum Gasteiger partial charge on any atom is -0.355 e. The predicted molar refractivity (Wildman–Crippen MR) is 124 cm³/mol. The Hall–Kier alpha value is -0.240. The van der Waals surface area contributed by atoms with Gasteiger partial charge < -0.3 is 28.4 Å². The maximum atomic E-state index is 5.94. The summed E-state index contributed by atoms with van der Waals surface area (Å²) in [6.45, 7) is 4.78. The summed E-state index contributed by atoms with van der Waals surface area (Å²) in [7, 11) is 0. The van der Waals surface area contributed by atoms with Gasteiger partial charge in [0.25, 0.3) is 0 Å². The van der Waals surface area contributed by atoms with Crippen LogP contribution in [-0.4, -0.2) is 58.5 Å². The lowest BCUT2D eigenvalue weighted by atomic mass is 9.94. The Morgan fingerprint density at radius 3 is 1.03 bits per heavy atom. The van der Waals surface area contributed by atoms with Crippen LogP contribution in [-0.2, 0) is 28.4 Å². The molecule has 0 atom stereocenters. The molecule has 0 unspecified atom stereocenters. The Morgan fingerprint density at radius 1 is 0.469 bits per heavy atom. The quantitative estimate of drug-likeness (QED) is 0.224. The van der Waals surface area contributed by atoms with Crippen LogP contribution in [0.4, 0.5) is 0 Å². The highest BCUT2D eigenvalue weighted by atomic mass is 16.7. The fourth-order valence-corrected chi connectivity index (χ4v) is 5.12. The van der Waals surface area contributed by atoms with Gasteiger partial charge in [-0.1, -0.05) is 64.7 Å². The van der Waals surface area contributed by atoms with Crippen molar-refractivity contribution in [1.82, 2.24) is 0 Å². The van der Waals surface area contributed by atoms with Gasteiger partial charge in [-0.25, -0.2) is 0 Å². The van der Waals surface area contributed by atoms with E-state index in [4.69, 9.17) is 28.4 Å². The van der Waals surface area contributed by atoms with Crippen LogP contribution in [0, 0.1) is 5.41 Å². The van der Waals surface area contributed by atoms with E-state index in [0.29, 0.717) is 58.5 Å². The highest BCUT2D eigenvalue weighted by Gasteiger charge is 2.27. The molecule has 0 radical (unpaired) electrons. The van der Waals surface area contributed by atoms with Crippen molar-refractivity contribution in [1.29, 1.82) is 0 Å². The molecule has 188 valence electrons. The van der Waals surface area contributed by atoms with Crippen molar-refractivity contribution in [2.45, 2.75) is 122 Å². The Morgan fingerprint density at radius 2 is 0.750 bits per heavy atom. The van der Waals surface area contributed by atoms with Gasteiger partial charge >= 0.3 is 0 Å². The summed E-state index contributed by atoms with van der Waals surface area (Å²) in [5, 5.41) is 0. The van der Waals surface area contributed by atoms with Gasteiger partial charge in [-0.05, 0) is 38.5 Å². The Kier molecular flexibility index (Phi) is 12.9. The van der Waals surface area contributed by atoms with Gasteiger partial charge in [0.1, 0.15) is 20.4 Å². The van der Waals surface area contributed by atoms with Gasteiger partial charge in [0, 0.05) is 5.41 Å². The van der Waals surface area contributed by atoms with Crippen LogP contribution >= 0.6 is 0 Å². The highest BCUT2D eigenvalue weighted by Crippen LogP contribution is 2.24. The molecule has 0 heterocycles. The van der Waals surface area contributed by atoms with E-state index in [-0.39, 0.29) is 5.41 Å². The van der Waals surface area contributed by atoms with E-state index in [9.17, 15) is 0 Å². The first kappa shape index (κ1) is 26.4. The van der Waals surface area contributed by atoms with Gasteiger partial charge in [0.2, 0.25) is 0 Å². The smallest absolute Gasteiger partial charge is 0.147 e. The lowest BCUT2D eigenvalue weighted by molar-refractivity contribution is -0.172. The molecular weight excluding hydrogens is 408 g/mol. The molecule has 3 aliphatic rings. The van der Waals surface area contributed by atoms with E-state index in [1.807, 2.05) is 0 Å². The number of ether oxygens (including phenoxy) is 6. The maximum absolute atomic E-state index is 5.94. The van der Waals surface area contributed by atoms with Crippen molar-refractivity contribution < 1.29 is 28.4 Å². The first-order valence-electron chi connectivity index (χ1n) is 13.3. The third-order valence-electron chi connectivity index (χ3n) is 7.17. The Labute approximate surface area is 196 Å². The Bertz CT molecular complexity index is 391. The molecule has 0 aromatic rings. The first-order chi connectivity index (χ1) is 15.7. The molecule has 3 aliphatic carbocycles. The lowest BCUT2D eigenvalue weighted by Gasteiger charge is -2.30. The van der Waals surface area contributed by atoms with E-state index in [2.05, 4.69) is 6.92 Å². The van der Waals surface area contributed by atoms with Gasteiger partial charge in [-0.2, -0.15) is 0 Å². The van der Waals surface area contributed by atoms with Crippen LogP contribution < -0.4 is 0 Å². The zero-order chi connectivity index (χ0) is 22.3. The summed E-state index contributed by atoms with van der Waals surface area (Å²) >= 11 is 0. The first-order valence-corrected chi connectivity index (χ1v) is 13.3. The molecule has 6 nitrogen and oxygen atoms in total. The van der Waals surface area contributed by atoms with E-state index in [0.717, 1.165) is 38.5 Å². The maximum Gasteiger partial charge on any atom is 0.147 e. The van der Waals surface area contributed by atoms with Gasteiger partial charge in [-0.3, -0.25) is 0 Å². The summed E-state index contributed by atoms with van der Waals surface area (Å²) < 4.78 is 35.6. The van der Waals surface area contributed by atoms with E-state index < -0.39 is 0 Å². The van der Waals surface area contributed by atoms with Crippen LogP contribution in [0.1, 0.15) is 103 Å². The summed E-state index contributed by atoms with van der Waals surface area (Å²) in [6.07, 6.45) is 19.6. The molecule has 0 aromatic heterocycles. The molecule has 32 heavy (non-hydrogen) atoms.